The molecule has 1 atom stereocenters. The number of rotatable bonds is 4. The Morgan fingerprint density at radius 2 is 1.97 bits per heavy atom. The van der Waals surface area contributed by atoms with Gasteiger partial charge in [0.15, 0.2) is 0 Å². The number of aromatic nitrogens is 1. The van der Waals surface area contributed by atoms with E-state index in [0.717, 1.165) is 16.5 Å². The molecule has 8 heteroatoms. The number of ether oxygens (including phenoxy) is 2. The van der Waals surface area contributed by atoms with Gasteiger partial charge in [-0.25, -0.2) is 4.79 Å². The Morgan fingerprint density at radius 3 is 2.68 bits per heavy atom. The van der Waals surface area contributed by atoms with Crippen LogP contribution >= 0.6 is 0 Å². The fourth-order valence-electron chi connectivity index (χ4n) is 3.47. The lowest BCUT2D eigenvalue weighted by atomic mass is 10.0. The molecule has 0 radical (unpaired) electrons. The van der Waals surface area contributed by atoms with Crippen LogP contribution in [0.3, 0.4) is 0 Å². The number of aromatic amines is 1. The molecule has 1 aromatic carbocycles. The molecule has 1 aromatic heterocycles. The predicted octanol–water partition coefficient (Wildman–Crippen LogP) is 2.96. The van der Waals surface area contributed by atoms with Crippen LogP contribution in [0.5, 0.6) is 0 Å². The SMILES string of the molecule is CC(C)(C)OC(=O)N1CC=C(CO)CC(C(=O)OC(=O)Cc2c[nH]c3ccccc23)C1. The van der Waals surface area contributed by atoms with Crippen molar-refractivity contribution in [3.05, 3.63) is 47.7 Å². The molecule has 0 fully saturated rings. The van der Waals surface area contributed by atoms with Gasteiger partial charge < -0.3 is 24.5 Å². The monoisotopic (exact) mass is 428 g/mol. The number of hydrogen-bond donors (Lipinski definition) is 2. The van der Waals surface area contributed by atoms with Crippen LogP contribution in [0.1, 0.15) is 32.8 Å². The van der Waals surface area contributed by atoms with Crippen molar-refractivity contribution in [2.45, 2.75) is 39.2 Å². The fourth-order valence-corrected chi connectivity index (χ4v) is 3.47. The second-order valence-corrected chi connectivity index (χ2v) is 8.64. The Labute approximate surface area is 180 Å². The highest BCUT2D eigenvalue weighted by atomic mass is 16.6. The van der Waals surface area contributed by atoms with Gasteiger partial charge in [0.1, 0.15) is 5.60 Å². The number of aliphatic hydroxyl groups excluding tert-OH is 1. The zero-order valence-electron chi connectivity index (χ0n) is 18.0. The van der Waals surface area contributed by atoms with Crippen LogP contribution in [0.25, 0.3) is 10.9 Å². The van der Waals surface area contributed by atoms with E-state index in [0.29, 0.717) is 5.57 Å². The number of aliphatic hydroxyl groups is 1. The minimum absolute atomic E-state index is 0.0358. The normalized spacial score (nSPS) is 17.1. The van der Waals surface area contributed by atoms with E-state index in [1.165, 1.54) is 4.90 Å². The van der Waals surface area contributed by atoms with Crippen molar-refractivity contribution in [1.82, 2.24) is 9.88 Å². The van der Waals surface area contributed by atoms with E-state index < -0.39 is 29.6 Å². The van der Waals surface area contributed by atoms with Crippen molar-refractivity contribution in [2.75, 3.05) is 19.7 Å². The van der Waals surface area contributed by atoms with Gasteiger partial charge in [-0.15, -0.1) is 0 Å². The third kappa shape index (κ3) is 5.95. The maximum atomic E-state index is 12.7. The van der Waals surface area contributed by atoms with Gasteiger partial charge in [0.2, 0.25) is 0 Å². The Kier molecular flexibility index (Phi) is 6.80. The van der Waals surface area contributed by atoms with E-state index >= 15 is 0 Å². The standard InChI is InChI=1S/C23H28N2O6/c1-23(2,3)31-22(29)25-9-8-15(14-26)10-17(13-25)21(28)30-20(27)11-16-12-24-19-7-5-4-6-18(16)19/h4-8,12,17,24,26H,9-11,13-14H2,1-3H3. The van der Waals surface area contributed by atoms with Gasteiger partial charge in [-0.1, -0.05) is 24.3 Å². The quantitative estimate of drug-likeness (QED) is 0.440. The lowest BCUT2D eigenvalue weighted by Gasteiger charge is -2.27. The summed E-state index contributed by atoms with van der Waals surface area (Å²) in [7, 11) is 0. The van der Waals surface area contributed by atoms with Gasteiger partial charge in [-0.05, 0) is 44.4 Å². The molecule has 1 aliphatic rings. The topological polar surface area (TPSA) is 109 Å². The average Bonchev–Trinajstić information content (AvgIpc) is 2.95. The molecule has 0 saturated carbocycles. The number of carbonyl (C=O) groups excluding carboxylic acids is 3. The fraction of sp³-hybridized carbons (Fsp3) is 0.435. The van der Waals surface area contributed by atoms with E-state index in [2.05, 4.69) is 4.98 Å². The summed E-state index contributed by atoms with van der Waals surface area (Å²) in [6.45, 7) is 5.27. The van der Waals surface area contributed by atoms with Crippen LogP contribution in [0.15, 0.2) is 42.1 Å². The van der Waals surface area contributed by atoms with Crippen molar-refractivity contribution in [3.63, 3.8) is 0 Å². The molecule has 31 heavy (non-hydrogen) atoms. The van der Waals surface area contributed by atoms with E-state index in [9.17, 15) is 19.5 Å². The van der Waals surface area contributed by atoms with E-state index in [1.54, 1.807) is 33.0 Å². The molecule has 0 aliphatic carbocycles. The molecule has 3 rings (SSSR count). The third-order valence-electron chi connectivity index (χ3n) is 4.96. The van der Waals surface area contributed by atoms with Crippen LogP contribution in [0.4, 0.5) is 4.79 Å². The number of carbonyl (C=O) groups is 3. The minimum atomic E-state index is -0.777. The molecule has 1 aliphatic heterocycles. The summed E-state index contributed by atoms with van der Waals surface area (Å²) in [5, 5.41) is 10.4. The number of amides is 1. The van der Waals surface area contributed by atoms with Crippen molar-refractivity contribution < 1.29 is 29.0 Å². The molecule has 0 saturated heterocycles. The predicted molar refractivity (Wildman–Crippen MR) is 114 cm³/mol. The first-order valence-electron chi connectivity index (χ1n) is 10.2. The Balaban J connectivity index is 1.67. The second kappa shape index (κ2) is 9.34. The number of nitrogens with one attached hydrogen (secondary N) is 1. The first kappa shape index (κ1) is 22.6. The molecule has 2 N–H and O–H groups in total. The van der Waals surface area contributed by atoms with Crippen molar-refractivity contribution >= 4 is 28.9 Å². The van der Waals surface area contributed by atoms with Gasteiger partial charge in [0.25, 0.3) is 0 Å². The Morgan fingerprint density at radius 1 is 1.23 bits per heavy atom. The van der Waals surface area contributed by atoms with Gasteiger partial charge in [0, 0.05) is 30.2 Å². The number of esters is 2. The van der Waals surface area contributed by atoms with Gasteiger partial charge >= 0.3 is 18.0 Å². The number of benzene rings is 1. The van der Waals surface area contributed by atoms with E-state index in [4.69, 9.17) is 9.47 Å². The third-order valence-corrected chi connectivity index (χ3v) is 4.96. The van der Waals surface area contributed by atoms with Gasteiger partial charge in [-0.3, -0.25) is 9.59 Å². The first-order chi connectivity index (χ1) is 14.7. The van der Waals surface area contributed by atoms with E-state index in [1.807, 2.05) is 24.3 Å². The summed E-state index contributed by atoms with van der Waals surface area (Å²) in [5.74, 6) is -2.17. The van der Waals surface area contributed by atoms with E-state index in [-0.39, 0.29) is 32.5 Å². The van der Waals surface area contributed by atoms with Crippen LogP contribution in [-0.4, -0.2) is 58.3 Å². The van der Waals surface area contributed by atoms with Crippen LogP contribution in [0.2, 0.25) is 0 Å². The largest absolute Gasteiger partial charge is 0.444 e. The first-order valence-corrected chi connectivity index (χ1v) is 10.2. The van der Waals surface area contributed by atoms with Crippen LogP contribution in [-0.2, 0) is 25.5 Å². The lowest BCUT2D eigenvalue weighted by molar-refractivity contribution is -0.162. The van der Waals surface area contributed by atoms with Gasteiger partial charge in [-0.2, -0.15) is 0 Å². The summed E-state index contributed by atoms with van der Waals surface area (Å²) in [6.07, 6.45) is 3.01. The van der Waals surface area contributed by atoms with Crippen molar-refractivity contribution in [3.8, 4) is 0 Å². The smallest absolute Gasteiger partial charge is 0.410 e. The maximum absolute atomic E-state index is 12.7. The molecule has 1 amide bonds. The zero-order chi connectivity index (χ0) is 22.6. The van der Waals surface area contributed by atoms with Crippen molar-refractivity contribution in [2.24, 2.45) is 5.92 Å². The molecule has 1 unspecified atom stereocenters. The van der Waals surface area contributed by atoms with Crippen LogP contribution < -0.4 is 0 Å². The lowest BCUT2D eigenvalue weighted by Crippen LogP contribution is -2.41. The second-order valence-electron chi connectivity index (χ2n) is 8.64. The number of para-hydroxylation sites is 1. The number of hydrogen-bond acceptors (Lipinski definition) is 6. The highest BCUT2D eigenvalue weighted by Gasteiger charge is 2.32. The summed E-state index contributed by atoms with van der Waals surface area (Å²) in [5.41, 5.74) is 1.56. The molecule has 2 aromatic rings. The molecule has 166 valence electrons. The molecule has 0 bridgehead atoms. The molecule has 8 nitrogen and oxygen atoms in total. The molecule has 2 heterocycles. The van der Waals surface area contributed by atoms with Gasteiger partial charge in [0.05, 0.1) is 18.9 Å². The molecular weight excluding hydrogens is 400 g/mol. The maximum Gasteiger partial charge on any atom is 0.410 e. The number of H-pyrrole nitrogens is 1. The van der Waals surface area contributed by atoms with Crippen LogP contribution in [0, 0.1) is 5.92 Å². The van der Waals surface area contributed by atoms with Crippen molar-refractivity contribution in [1.29, 1.82) is 0 Å². The minimum Gasteiger partial charge on any atom is -0.444 e. The highest BCUT2D eigenvalue weighted by molar-refractivity contribution is 5.92. The summed E-state index contributed by atoms with van der Waals surface area (Å²) in [6, 6.07) is 7.54. The Hall–Kier alpha value is -3.13. The number of nitrogens with zero attached hydrogens (tertiary/aromatic N) is 1. The summed E-state index contributed by atoms with van der Waals surface area (Å²) >= 11 is 0. The molecular formula is C23H28N2O6. The Bertz CT molecular complexity index is 1000. The number of fused-ring (bicyclic) bond motifs is 1. The summed E-state index contributed by atoms with van der Waals surface area (Å²) < 4.78 is 10.5. The zero-order valence-corrected chi connectivity index (χ0v) is 18.0. The average molecular weight is 428 g/mol. The molecule has 0 spiro atoms. The highest BCUT2D eigenvalue weighted by Crippen LogP contribution is 2.22. The summed E-state index contributed by atoms with van der Waals surface area (Å²) in [4.78, 5) is 42.1.